The second kappa shape index (κ2) is 6.29. The van der Waals surface area contributed by atoms with E-state index in [0.29, 0.717) is 0 Å². The van der Waals surface area contributed by atoms with Crippen molar-refractivity contribution >= 4 is 16.1 Å². The maximum absolute atomic E-state index is 12.0. The van der Waals surface area contributed by atoms with Gasteiger partial charge in [0, 0.05) is 0 Å². The van der Waals surface area contributed by atoms with Gasteiger partial charge in [-0.2, -0.15) is 8.42 Å². The van der Waals surface area contributed by atoms with Crippen LogP contribution in [0.1, 0.15) is 35.9 Å². The molecule has 0 spiro atoms. The lowest BCUT2D eigenvalue weighted by Gasteiger charge is -2.18. The molecule has 8 heteroatoms. The Hall–Kier alpha value is -2.19. The highest BCUT2D eigenvalue weighted by atomic mass is 32.2. The molecule has 2 rings (SSSR count). The molecule has 1 N–H and O–H groups in total. The average Bonchev–Trinajstić information content (AvgIpc) is 2.92. The molecular weight excluding hydrogens is 308 g/mol. The topological polar surface area (TPSA) is 98.5 Å². The lowest BCUT2D eigenvalue weighted by molar-refractivity contribution is 0.0511. The van der Waals surface area contributed by atoms with Crippen LogP contribution in [0.15, 0.2) is 41.7 Å². The van der Waals surface area contributed by atoms with Crippen LogP contribution in [0.5, 0.6) is 0 Å². The molecule has 1 aromatic heterocycles. The van der Waals surface area contributed by atoms with Crippen LogP contribution in [0.2, 0.25) is 0 Å². The van der Waals surface area contributed by atoms with E-state index in [1.807, 2.05) is 6.07 Å². The van der Waals surface area contributed by atoms with E-state index in [4.69, 9.17) is 4.74 Å². The zero-order chi connectivity index (χ0) is 16.3. The molecule has 0 aliphatic heterocycles. The number of hydrogen-bond donors (Lipinski definition) is 1. The zero-order valence-corrected chi connectivity index (χ0v) is 12.9. The summed E-state index contributed by atoms with van der Waals surface area (Å²) in [6.07, 6.45) is 1.08. The molecule has 0 saturated carbocycles. The van der Waals surface area contributed by atoms with E-state index in [1.165, 1.54) is 0 Å². The van der Waals surface area contributed by atoms with Crippen LogP contribution in [0.3, 0.4) is 0 Å². The number of nitrogens with zero attached hydrogens (tertiary/aromatic N) is 2. The molecule has 0 aliphatic rings. The standard InChI is InChI=1S/C14H16N2O5S/c1-3-21-13(17)12-9-15-14(22(18,19)20)16(12)10(2)11-7-5-4-6-8-11/h4-10H,3H2,1-2H3,(H,18,19,20)/t10-/m1/s1. The van der Waals surface area contributed by atoms with Crippen molar-refractivity contribution < 1.29 is 22.5 Å². The molecule has 0 radical (unpaired) electrons. The number of carbonyl (C=O) groups excluding carboxylic acids is 1. The van der Waals surface area contributed by atoms with Gasteiger partial charge in [-0.3, -0.25) is 9.12 Å². The molecule has 22 heavy (non-hydrogen) atoms. The number of hydrogen-bond acceptors (Lipinski definition) is 5. The van der Waals surface area contributed by atoms with E-state index in [9.17, 15) is 17.8 Å². The van der Waals surface area contributed by atoms with Gasteiger partial charge in [-0.1, -0.05) is 30.3 Å². The van der Waals surface area contributed by atoms with Crippen molar-refractivity contribution in [2.75, 3.05) is 6.61 Å². The van der Waals surface area contributed by atoms with E-state index in [2.05, 4.69) is 4.98 Å². The van der Waals surface area contributed by atoms with Gasteiger partial charge in [0.1, 0.15) is 5.69 Å². The van der Waals surface area contributed by atoms with Gasteiger partial charge >= 0.3 is 16.1 Å². The van der Waals surface area contributed by atoms with Crippen LogP contribution in [0.25, 0.3) is 0 Å². The third-order valence-electron chi connectivity index (χ3n) is 3.15. The number of carbonyl (C=O) groups is 1. The molecular formula is C14H16N2O5S. The summed E-state index contributed by atoms with van der Waals surface area (Å²) in [7, 11) is -4.57. The smallest absolute Gasteiger partial charge is 0.356 e. The van der Waals surface area contributed by atoms with Crippen molar-refractivity contribution in [3.8, 4) is 0 Å². The van der Waals surface area contributed by atoms with Crippen LogP contribution in [0.4, 0.5) is 0 Å². The summed E-state index contributed by atoms with van der Waals surface area (Å²) in [6, 6.07) is 8.45. The van der Waals surface area contributed by atoms with Crippen molar-refractivity contribution in [1.29, 1.82) is 0 Å². The van der Waals surface area contributed by atoms with E-state index < -0.39 is 27.3 Å². The van der Waals surface area contributed by atoms with Crippen LogP contribution >= 0.6 is 0 Å². The third kappa shape index (κ3) is 3.18. The number of ether oxygens (including phenoxy) is 1. The highest BCUT2D eigenvalue weighted by Gasteiger charge is 2.28. The van der Waals surface area contributed by atoms with Crippen LogP contribution < -0.4 is 0 Å². The summed E-state index contributed by atoms with van der Waals surface area (Å²) >= 11 is 0. The van der Waals surface area contributed by atoms with Gasteiger partial charge in [-0.15, -0.1) is 0 Å². The highest BCUT2D eigenvalue weighted by molar-refractivity contribution is 7.85. The van der Waals surface area contributed by atoms with Crippen molar-refractivity contribution in [1.82, 2.24) is 9.55 Å². The second-order valence-corrected chi connectivity index (χ2v) is 5.89. The van der Waals surface area contributed by atoms with Crippen LogP contribution in [-0.4, -0.2) is 35.1 Å². The first-order valence-electron chi connectivity index (χ1n) is 6.63. The summed E-state index contributed by atoms with van der Waals surface area (Å²) in [5.74, 6) is -0.701. The number of aromatic nitrogens is 2. The van der Waals surface area contributed by atoms with E-state index in [-0.39, 0.29) is 12.3 Å². The maximum atomic E-state index is 12.0. The largest absolute Gasteiger partial charge is 0.461 e. The minimum atomic E-state index is -4.57. The molecule has 118 valence electrons. The molecule has 1 heterocycles. The molecule has 0 amide bonds. The molecule has 0 fully saturated rings. The fraction of sp³-hybridized carbons (Fsp3) is 0.286. The van der Waals surface area contributed by atoms with Gasteiger partial charge < -0.3 is 4.74 Å². The van der Waals surface area contributed by atoms with Crippen LogP contribution in [-0.2, 0) is 14.9 Å². The summed E-state index contributed by atoms with van der Waals surface area (Å²) in [5.41, 5.74) is 0.724. The first kappa shape index (κ1) is 16.2. The third-order valence-corrected chi connectivity index (χ3v) is 3.91. The summed E-state index contributed by atoms with van der Waals surface area (Å²) in [5, 5.41) is -0.591. The summed E-state index contributed by atoms with van der Waals surface area (Å²) < 4.78 is 38.4. The molecule has 1 atom stereocenters. The first-order chi connectivity index (χ1) is 10.4. The van der Waals surface area contributed by atoms with Crippen molar-refractivity contribution in [3.63, 3.8) is 0 Å². The Kier molecular flexibility index (Phi) is 4.62. The van der Waals surface area contributed by atoms with Crippen molar-refractivity contribution in [3.05, 3.63) is 47.8 Å². The molecule has 0 saturated heterocycles. The zero-order valence-electron chi connectivity index (χ0n) is 12.1. The summed E-state index contributed by atoms with van der Waals surface area (Å²) in [4.78, 5) is 15.6. The monoisotopic (exact) mass is 324 g/mol. The van der Waals surface area contributed by atoms with Gasteiger partial charge in [-0.25, -0.2) is 9.78 Å². The van der Waals surface area contributed by atoms with Gasteiger partial charge in [0.15, 0.2) is 0 Å². The molecule has 0 aliphatic carbocycles. The Morgan fingerprint density at radius 2 is 2.00 bits per heavy atom. The maximum Gasteiger partial charge on any atom is 0.356 e. The molecule has 7 nitrogen and oxygen atoms in total. The number of esters is 1. The van der Waals surface area contributed by atoms with Crippen LogP contribution in [0, 0.1) is 0 Å². The Balaban J connectivity index is 2.60. The fourth-order valence-corrected chi connectivity index (χ4v) is 2.84. The average molecular weight is 324 g/mol. The summed E-state index contributed by atoms with van der Waals surface area (Å²) in [6.45, 7) is 3.49. The quantitative estimate of drug-likeness (QED) is 0.666. The van der Waals surface area contributed by atoms with E-state index >= 15 is 0 Å². The van der Waals surface area contributed by atoms with Crippen molar-refractivity contribution in [2.24, 2.45) is 0 Å². The molecule has 0 bridgehead atoms. The number of benzene rings is 1. The lowest BCUT2D eigenvalue weighted by atomic mass is 10.1. The minimum Gasteiger partial charge on any atom is -0.461 e. The first-order valence-corrected chi connectivity index (χ1v) is 8.07. The molecule has 2 aromatic rings. The van der Waals surface area contributed by atoms with E-state index in [0.717, 1.165) is 16.3 Å². The minimum absolute atomic E-state index is 0.0363. The molecule has 1 aromatic carbocycles. The van der Waals surface area contributed by atoms with Gasteiger partial charge in [-0.05, 0) is 19.4 Å². The second-order valence-electron chi connectivity index (χ2n) is 4.58. The Labute approximate surface area is 128 Å². The predicted octanol–water partition coefficient (Wildman–Crippen LogP) is 1.92. The van der Waals surface area contributed by atoms with Gasteiger partial charge in [0.05, 0.1) is 18.8 Å². The number of rotatable bonds is 5. The lowest BCUT2D eigenvalue weighted by Crippen LogP contribution is -2.20. The van der Waals surface area contributed by atoms with E-state index in [1.54, 1.807) is 38.1 Å². The Bertz CT molecular complexity index is 768. The SMILES string of the molecule is CCOC(=O)c1cnc(S(=O)(=O)O)n1[C@H](C)c1ccccc1. The van der Waals surface area contributed by atoms with Gasteiger partial charge in [0.2, 0.25) is 0 Å². The Morgan fingerprint density at radius 3 is 2.55 bits per heavy atom. The normalized spacial score (nSPS) is 12.9. The number of imidazole rings is 1. The van der Waals surface area contributed by atoms with Crippen molar-refractivity contribution in [2.45, 2.75) is 25.0 Å². The highest BCUT2D eigenvalue weighted by Crippen LogP contribution is 2.24. The van der Waals surface area contributed by atoms with Gasteiger partial charge in [0.25, 0.3) is 5.16 Å². The molecule has 0 unspecified atom stereocenters. The Morgan fingerprint density at radius 1 is 1.36 bits per heavy atom. The fourth-order valence-electron chi connectivity index (χ4n) is 2.15. The predicted molar refractivity (Wildman–Crippen MR) is 78.3 cm³/mol.